The van der Waals surface area contributed by atoms with Crippen molar-refractivity contribution in [3.8, 4) is 0 Å². The van der Waals surface area contributed by atoms with Crippen LogP contribution >= 0.6 is 0 Å². The highest BCUT2D eigenvalue weighted by atomic mass is 19.4. The van der Waals surface area contributed by atoms with Gasteiger partial charge in [-0.25, -0.2) is 0 Å². The standard InChI is InChI=1S/C11H15F3N2/c1-2-16(8-7-15)10-5-3-9(4-6-10)11(12,13)14/h3-6H,2,7-8,15H2,1H3. The summed E-state index contributed by atoms with van der Waals surface area (Å²) >= 11 is 0. The van der Waals surface area contributed by atoms with Crippen molar-refractivity contribution in [2.45, 2.75) is 13.1 Å². The summed E-state index contributed by atoms with van der Waals surface area (Å²) in [5.41, 5.74) is 5.56. The number of likely N-dealkylation sites (N-methyl/N-ethyl adjacent to an activating group) is 1. The molecule has 1 aromatic rings. The summed E-state index contributed by atoms with van der Waals surface area (Å²) in [5.74, 6) is 0. The van der Waals surface area contributed by atoms with Crippen LogP contribution in [-0.4, -0.2) is 19.6 Å². The fourth-order valence-electron chi connectivity index (χ4n) is 1.49. The molecule has 0 atom stereocenters. The zero-order chi connectivity index (χ0) is 12.2. The van der Waals surface area contributed by atoms with Gasteiger partial charge in [-0.3, -0.25) is 0 Å². The van der Waals surface area contributed by atoms with Crippen molar-refractivity contribution in [3.05, 3.63) is 29.8 Å². The molecule has 0 unspecified atom stereocenters. The lowest BCUT2D eigenvalue weighted by Gasteiger charge is -2.22. The number of nitrogens with zero attached hydrogens (tertiary/aromatic N) is 1. The van der Waals surface area contributed by atoms with Crippen LogP contribution < -0.4 is 10.6 Å². The Hall–Kier alpha value is -1.23. The number of anilines is 1. The average molecular weight is 232 g/mol. The van der Waals surface area contributed by atoms with E-state index in [9.17, 15) is 13.2 Å². The first kappa shape index (κ1) is 12.8. The molecule has 0 aromatic heterocycles. The Morgan fingerprint density at radius 3 is 2.12 bits per heavy atom. The van der Waals surface area contributed by atoms with Gasteiger partial charge in [-0.05, 0) is 31.2 Å². The highest BCUT2D eigenvalue weighted by molar-refractivity contribution is 5.47. The Bertz CT molecular complexity index is 319. The molecule has 0 saturated carbocycles. The van der Waals surface area contributed by atoms with Crippen LogP contribution in [0.3, 0.4) is 0 Å². The SMILES string of the molecule is CCN(CCN)c1ccc(C(F)(F)F)cc1. The van der Waals surface area contributed by atoms with Crippen molar-refractivity contribution in [2.75, 3.05) is 24.5 Å². The first-order chi connectivity index (χ1) is 7.49. The Labute approximate surface area is 92.9 Å². The van der Waals surface area contributed by atoms with Crippen molar-refractivity contribution < 1.29 is 13.2 Å². The molecule has 2 N–H and O–H groups in total. The van der Waals surface area contributed by atoms with Crippen molar-refractivity contribution in [2.24, 2.45) is 5.73 Å². The molecule has 0 spiro atoms. The number of hydrogen-bond acceptors (Lipinski definition) is 2. The van der Waals surface area contributed by atoms with Crippen LogP contribution in [0.4, 0.5) is 18.9 Å². The number of halogens is 3. The molecule has 0 bridgehead atoms. The second-order valence-corrected chi connectivity index (χ2v) is 3.41. The Balaban J connectivity index is 2.85. The zero-order valence-corrected chi connectivity index (χ0v) is 9.09. The van der Waals surface area contributed by atoms with Crippen molar-refractivity contribution in [1.29, 1.82) is 0 Å². The normalized spacial score (nSPS) is 11.6. The number of alkyl halides is 3. The number of benzene rings is 1. The van der Waals surface area contributed by atoms with Gasteiger partial charge < -0.3 is 10.6 Å². The van der Waals surface area contributed by atoms with E-state index in [4.69, 9.17) is 5.73 Å². The van der Waals surface area contributed by atoms with Crippen LogP contribution in [0.1, 0.15) is 12.5 Å². The molecule has 0 aliphatic rings. The summed E-state index contributed by atoms with van der Waals surface area (Å²) in [7, 11) is 0. The van der Waals surface area contributed by atoms with Gasteiger partial charge in [0.25, 0.3) is 0 Å². The van der Waals surface area contributed by atoms with Crippen LogP contribution in [0.5, 0.6) is 0 Å². The van der Waals surface area contributed by atoms with Crippen molar-refractivity contribution in [3.63, 3.8) is 0 Å². The molecule has 1 rings (SSSR count). The molecule has 0 aliphatic carbocycles. The van der Waals surface area contributed by atoms with Gasteiger partial charge in [0, 0.05) is 25.3 Å². The molecular formula is C11H15F3N2. The number of rotatable bonds is 4. The third kappa shape index (κ3) is 3.13. The minimum atomic E-state index is -4.27. The van der Waals surface area contributed by atoms with Crippen LogP contribution in [-0.2, 0) is 6.18 Å². The maximum absolute atomic E-state index is 12.3. The Morgan fingerprint density at radius 2 is 1.75 bits per heavy atom. The van der Waals surface area contributed by atoms with Gasteiger partial charge in [-0.1, -0.05) is 0 Å². The van der Waals surface area contributed by atoms with Crippen LogP contribution in [0.2, 0.25) is 0 Å². The first-order valence-electron chi connectivity index (χ1n) is 5.11. The van der Waals surface area contributed by atoms with E-state index in [2.05, 4.69) is 0 Å². The van der Waals surface area contributed by atoms with E-state index in [1.54, 1.807) is 0 Å². The lowest BCUT2D eigenvalue weighted by Crippen LogP contribution is -2.29. The maximum Gasteiger partial charge on any atom is 0.416 e. The van der Waals surface area contributed by atoms with Gasteiger partial charge in [0.1, 0.15) is 0 Å². The van der Waals surface area contributed by atoms with E-state index < -0.39 is 11.7 Å². The zero-order valence-electron chi connectivity index (χ0n) is 9.09. The number of hydrogen-bond donors (Lipinski definition) is 1. The highest BCUT2D eigenvalue weighted by Crippen LogP contribution is 2.30. The Kier molecular flexibility index (Phi) is 4.18. The molecule has 0 radical (unpaired) electrons. The van der Waals surface area contributed by atoms with Gasteiger partial charge in [-0.15, -0.1) is 0 Å². The number of nitrogens with two attached hydrogens (primary N) is 1. The smallest absolute Gasteiger partial charge is 0.371 e. The summed E-state index contributed by atoms with van der Waals surface area (Å²) in [6.07, 6.45) is -4.27. The first-order valence-corrected chi connectivity index (χ1v) is 5.11. The van der Waals surface area contributed by atoms with Crippen LogP contribution in [0.15, 0.2) is 24.3 Å². The molecular weight excluding hydrogens is 217 g/mol. The molecule has 0 saturated heterocycles. The monoisotopic (exact) mass is 232 g/mol. The predicted molar refractivity (Wildman–Crippen MR) is 58.4 cm³/mol. The second kappa shape index (κ2) is 5.21. The molecule has 0 amide bonds. The summed E-state index contributed by atoms with van der Waals surface area (Å²) in [6.45, 7) is 3.78. The minimum absolute atomic E-state index is 0.481. The summed E-state index contributed by atoms with van der Waals surface area (Å²) < 4.78 is 37.0. The fourth-order valence-corrected chi connectivity index (χ4v) is 1.49. The maximum atomic E-state index is 12.3. The van der Waals surface area contributed by atoms with Crippen LogP contribution in [0.25, 0.3) is 0 Å². The van der Waals surface area contributed by atoms with E-state index in [0.717, 1.165) is 24.4 Å². The van der Waals surface area contributed by atoms with Crippen molar-refractivity contribution in [1.82, 2.24) is 0 Å². The van der Waals surface area contributed by atoms with Crippen molar-refractivity contribution >= 4 is 5.69 Å². The molecule has 2 nitrogen and oxygen atoms in total. The molecule has 0 heterocycles. The predicted octanol–water partition coefficient (Wildman–Crippen LogP) is 2.49. The highest BCUT2D eigenvalue weighted by Gasteiger charge is 2.30. The van der Waals surface area contributed by atoms with Gasteiger partial charge in [-0.2, -0.15) is 13.2 Å². The van der Waals surface area contributed by atoms with E-state index in [1.807, 2.05) is 11.8 Å². The molecule has 0 aliphatic heterocycles. The summed E-state index contributed by atoms with van der Waals surface area (Å²) in [4.78, 5) is 1.93. The van der Waals surface area contributed by atoms with Gasteiger partial charge in [0.05, 0.1) is 5.56 Å². The Morgan fingerprint density at radius 1 is 1.19 bits per heavy atom. The summed E-state index contributed by atoms with van der Waals surface area (Å²) in [6, 6.07) is 5.13. The quantitative estimate of drug-likeness (QED) is 0.864. The van der Waals surface area contributed by atoms with Crippen LogP contribution in [0, 0.1) is 0 Å². The lowest BCUT2D eigenvalue weighted by molar-refractivity contribution is -0.137. The van der Waals surface area contributed by atoms with Gasteiger partial charge in [0.15, 0.2) is 0 Å². The van der Waals surface area contributed by atoms with E-state index in [-0.39, 0.29) is 0 Å². The molecule has 90 valence electrons. The molecule has 0 fully saturated rings. The van der Waals surface area contributed by atoms with E-state index >= 15 is 0 Å². The third-order valence-corrected chi connectivity index (χ3v) is 2.34. The second-order valence-electron chi connectivity index (χ2n) is 3.41. The average Bonchev–Trinajstić information content (AvgIpc) is 2.25. The fraction of sp³-hybridized carbons (Fsp3) is 0.455. The van der Waals surface area contributed by atoms with E-state index in [1.165, 1.54) is 12.1 Å². The third-order valence-electron chi connectivity index (χ3n) is 2.34. The molecule has 16 heavy (non-hydrogen) atoms. The van der Waals surface area contributed by atoms with E-state index in [0.29, 0.717) is 13.1 Å². The topological polar surface area (TPSA) is 29.3 Å². The minimum Gasteiger partial charge on any atom is -0.371 e. The molecule has 5 heteroatoms. The van der Waals surface area contributed by atoms with Gasteiger partial charge in [0.2, 0.25) is 0 Å². The van der Waals surface area contributed by atoms with Gasteiger partial charge >= 0.3 is 6.18 Å². The largest absolute Gasteiger partial charge is 0.416 e. The lowest BCUT2D eigenvalue weighted by atomic mass is 10.2. The molecule has 1 aromatic carbocycles. The summed E-state index contributed by atoms with van der Waals surface area (Å²) in [5, 5.41) is 0.